The summed E-state index contributed by atoms with van der Waals surface area (Å²) in [6.07, 6.45) is 9.42. The fourth-order valence-electron chi connectivity index (χ4n) is 3.91. The topological polar surface area (TPSA) is 12.9 Å². The summed E-state index contributed by atoms with van der Waals surface area (Å²) >= 11 is 6.75. The summed E-state index contributed by atoms with van der Waals surface area (Å²) in [6, 6.07) is 4.21. The second-order valence-electron chi connectivity index (χ2n) is 5.85. The second kappa shape index (κ2) is 4.61. The Balaban J connectivity index is 1.72. The zero-order valence-electron chi connectivity index (χ0n) is 10.3. The summed E-state index contributed by atoms with van der Waals surface area (Å²) in [4.78, 5) is 4.08. The quantitative estimate of drug-likeness (QED) is 0.731. The summed E-state index contributed by atoms with van der Waals surface area (Å²) in [6.45, 7) is 2.26. The van der Waals surface area contributed by atoms with Crippen LogP contribution in [-0.2, 0) is 0 Å². The van der Waals surface area contributed by atoms with Crippen molar-refractivity contribution in [2.24, 2.45) is 17.8 Å². The van der Waals surface area contributed by atoms with Crippen molar-refractivity contribution in [1.82, 2.24) is 4.98 Å². The third-order valence-corrected chi connectivity index (χ3v) is 5.61. The van der Waals surface area contributed by atoms with Crippen LogP contribution < -0.4 is 0 Å². The molecule has 2 bridgehead atoms. The Morgan fingerprint density at radius 3 is 2.59 bits per heavy atom. The van der Waals surface area contributed by atoms with Gasteiger partial charge in [-0.3, -0.25) is 4.98 Å². The van der Waals surface area contributed by atoms with Gasteiger partial charge >= 0.3 is 0 Å². The van der Waals surface area contributed by atoms with Crippen LogP contribution in [0.1, 0.15) is 44.1 Å². The molecule has 92 valence electrons. The molecule has 2 aliphatic carbocycles. The fourth-order valence-corrected chi connectivity index (χ4v) is 4.36. The molecule has 5 unspecified atom stereocenters. The highest BCUT2D eigenvalue weighted by Gasteiger charge is 2.43. The SMILES string of the molecule is CC(c1ccncc1)C(Cl)C1CC2CCC1C2. The summed E-state index contributed by atoms with van der Waals surface area (Å²) in [5.74, 6) is 3.09. The van der Waals surface area contributed by atoms with Crippen LogP contribution in [0.2, 0.25) is 0 Å². The highest BCUT2D eigenvalue weighted by Crippen LogP contribution is 2.52. The van der Waals surface area contributed by atoms with Crippen LogP contribution in [0.3, 0.4) is 0 Å². The lowest BCUT2D eigenvalue weighted by Crippen LogP contribution is -2.25. The van der Waals surface area contributed by atoms with Gasteiger partial charge in [0.05, 0.1) is 0 Å². The maximum absolute atomic E-state index is 6.75. The van der Waals surface area contributed by atoms with E-state index >= 15 is 0 Å². The van der Waals surface area contributed by atoms with Gasteiger partial charge < -0.3 is 0 Å². The lowest BCUT2D eigenvalue weighted by Gasteiger charge is -2.30. The number of fused-ring (bicyclic) bond motifs is 2. The minimum absolute atomic E-state index is 0.299. The molecule has 1 aromatic heterocycles. The largest absolute Gasteiger partial charge is 0.265 e. The minimum Gasteiger partial charge on any atom is -0.265 e. The molecule has 2 aliphatic rings. The molecule has 3 rings (SSSR count). The van der Waals surface area contributed by atoms with Crippen LogP contribution in [0.15, 0.2) is 24.5 Å². The minimum atomic E-state index is 0.299. The van der Waals surface area contributed by atoms with E-state index in [2.05, 4.69) is 24.0 Å². The average molecular weight is 250 g/mol. The molecule has 0 aliphatic heterocycles. The van der Waals surface area contributed by atoms with Crippen LogP contribution in [0.4, 0.5) is 0 Å². The van der Waals surface area contributed by atoms with Gasteiger partial charge in [-0.2, -0.15) is 0 Å². The molecule has 2 saturated carbocycles. The van der Waals surface area contributed by atoms with Crippen LogP contribution in [0.25, 0.3) is 0 Å². The Morgan fingerprint density at radius 2 is 2.00 bits per heavy atom. The Morgan fingerprint density at radius 1 is 1.24 bits per heavy atom. The second-order valence-corrected chi connectivity index (χ2v) is 6.36. The summed E-state index contributed by atoms with van der Waals surface area (Å²) in [5.41, 5.74) is 1.34. The molecule has 2 fully saturated rings. The van der Waals surface area contributed by atoms with E-state index in [-0.39, 0.29) is 0 Å². The number of pyridine rings is 1. The van der Waals surface area contributed by atoms with E-state index < -0.39 is 0 Å². The molecule has 1 nitrogen and oxygen atoms in total. The van der Waals surface area contributed by atoms with Gasteiger partial charge in [0.1, 0.15) is 0 Å². The third-order valence-electron chi connectivity index (χ3n) is 4.91. The van der Waals surface area contributed by atoms with Crippen LogP contribution in [0, 0.1) is 17.8 Å². The Labute approximate surface area is 109 Å². The van der Waals surface area contributed by atoms with E-state index in [1.54, 1.807) is 0 Å². The van der Waals surface area contributed by atoms with Crippen molar-refractivity contribution < 1.29 is 0 Å². The van der Waals surface area contributed by atoms with Crippen molar-refractivity contribution in [3.05, 3.63) is 30.1 Å². The molecule has 0 saturated heterocycles. The number of hydrogen-bond donors (Lipinski definition) is 0. The molecule has 2 heteroatoms. The van der Waals surface area contributed by atoms with E-state index in [9.17, 15) is 0 Å². The lowest BCUT2D eigenvalue weighted by molar-refractivity contribution is 0.305. The van der Waals surface area contributed by atoms with Gasteiger partial charge in [-0.05, 0) is 60.6 Å². The van der Waals surface area contributed by atoms with Crippen molar-refractivity contribution in [1.29, 1.82) is 0 Å². The Kier molecular flexibility index (Phi) is 3.12. The first-order chi connectivity index (χ1) is 8.25. The number of hydrogen-bond acceptors (Lipinski definition) is 1. The van der Waals surface area contributed by atoms with Crippen molar-refractivity contribution in [3.63, 3.8) is 0 Å². The van der Waals surface area contributed by atoms with Gasteiger partial charge in [-0.25, -0.2) is 0 Å². The molecule has 1 heterocycles. The first-order valence-corrected chi connectivity index (χ1v) is 7.23. The maximum atomic E-state index is 6.75. The zero-order chi connectivity index (χ0) is 11.8. The molecule has 1 aromatic rings. The van der Waals surface area contributed by atoms with Gasteiger partial charge in [-0.1, -0.05) is 13.3 Å². The number of halogens is 1. The molecule has 17 heavy (non-hydrogen) atoms. The van der Waals surface area contributed by atoms with Crippen molar-refractivity contribution >= 4 is 11.6 Å². The highest BCUT2D eigenvalue weighted by molar-refractivity contribution is 6.21. The summed E-state index contributed by atoms with van der Waals surface area (Å²) in [5, 5.41) is 0.299. The van der Waals surface area contributed by atoms with Gasteiger partial charge in [0.2, 0.25) is 0 Å². The predicted octanol–water partition coefficient (Wildman–Crippen LogP) is 4.23. The molecule has 0 N–H and O–H groups in total. The first kappa shape index (κ1) is 11.5. The standard InChI is InChI=1S/C15H20ClN/c1-10(12-4-6-17-7-5-12)15(16)14-9-11-2-3-13(14)8-11/h4-7,10-11,13-15H,2-3,8-9H2,1H3. The predicted molar refractivity (Wildman–Crippen MR) is 71.2 cm³/mol. The van der Waals surface area contributed by atoms with Crippen molar-refractivity contribution in [2.75, 3.05) is 0 Å². The Bertz CT molecular complexity index is 378. The fraction of sp³-hybridized carbons (Fsp3) is 0.667. The smallest absolute Gasteiger partial charge is 0.0432 e. The molecule has 5 atom stereocenters. The number of aromatic nitrogens is 1. The molecule has 0 aromatic carbocycles. The highest BCUT2D eigenvalue weighted by atomic mass is 35.5. The summed E-state index contributed by atoms with van der Waals surface area (Å²) in [7, 11) is 0. The molecular formula is C15H20ClN. The van der Waals surface area contributed by atoms with Crippen LogP contribution >= 0.6 is 11.6 Å². The zero-order valence-corrected chi connectivity index (χ0v) is 11.1. The maximum Gasteiger partial charge on any atom is 0.0432 e. The molecule has 0 spiro atoms. The van der Waals surface area contributed by atoms with Crippen molar-refractivity contribution in [2.45, 2.75) is 43.9 Å². The lowest BCUT2D eigenvalue weighted by atomic mass is 9.80. The number of nitrogens with zero attached hydrogens (tertiary/aromatic N) is 1. The van der Waals surface area contributed by atoms with E-state index in [0.29, 0.717) is 11.3 Å². The summed E-state index contributed by atoms with van der Waals surface area (Å²) < 4.78 is 0. The third kappa shape index (κ3) is 2.10. The molecular weight excluding hydrogens is 230 g/mol. The van der Waals surface area contributed by atoms with E-state index in [1.807, 2.05) is 12.4 Å². The van der Waals surface area contributed by atoms with Gasteiger partial charge in [0, 0.05) is 17.8 Å². The molecule has 0 amide bonds. The molecule has 0 radical (unpaired) electrons. The number of alkyl halides is 1. The number of rotatable bonds is 3. The van der Waals surface area contributed by atoms with Gasteiger partial charge in [0.15, 0.2) is 0 Å². The van der Waals surface area contributed by atoms with E-state index in [0.717, 1.165) is 17.8 Å². The van der Waals surface area contributed by atoms with Gasteiger partial charge in [-0.15, -0.1) is 11.6 Å². The average Bonchev–Trinajstić information content (AvgIpc) is 3.00. The van der Waals surface area contributed by atoms with E-state index in [4.69, 9.17) is 11.6 Å². The van der Waals surface area contributed by atoms with Crippen LogP contribution in [-0.4, -0.2) is 10.4 Å². The normalized spacial score (nSPS) is 34.8. The Hall–Kier alpha value is -0.560. The van der Waals surface area contributed by atoms with E-state index in [1.165, 1.54) is 31.2 Å². The monoisotopic (exact) mass is 249 g/mol. The van der Waals surface area contributed by atoms with Gasteiger partial charge in [0.25, 0.3) is 0 Å². The van der Waals surface area contributed by atoms with Crippen LogP contribution in [0.5, 0.6) is 0 Å². The first-order valence-electron chi connectivity index (χ1n) is 6.79. The van der Waals surface area contributed by atoms with Crippen molar-refractivity contribution in [3.8, 4) is 0 Å².